The van der Waals surface area contributed by atoms with Gasteiger partial charge in [-0.15, -0.1) is 0 Å². The monoisotopic (exact) mass is 284 g/mol. The van der Waals surface area contributed by atoms with Gasteiger partial charge in [-0.25, -0.2) is 0 Å². The molecule has 1 aliphatic rings. The summed E-state index contributed by atoms with van der Waals surface area (Å²) in [5.74, 6) is 0. The molecule has 0 spiro atoms. The molecule has 2 heteroatoms. The lowest BCUT2D eigenvalue weighted by molar-refractivity contribution is 0.578. The molecular weight excluding hydrogens is 256 g/mol. The van der Waals surface area contributed by atoms with E-state index in [2.05, 4.69) is 48.0 Å². The second-order valence-electron chi connectivity index (χ2n) is 5.53. The second kappa shape index (κ2) is 7.44. The first-order valence-corrected chi connectivity index (χ1v) is 8.43. The Morgan fingerprint density at radius 3 is 2.43 bits per heavy atom. The normalized spacial score (nSPS) is 14.8. The van der Waals surface area contributed by atoms with Gasteiger partial charge in [-0.1, -0.05) is 20.8 Å². The Bertz CT molecular complexity index is 583. The molecule has 1 aromatic heterocycles. The molecule has 2 nitrogen and oxygen atoms in total. The van der Waals surface area contributed by atoms with Crippen molar-refractivity contribution >= 4 is 16.6 Å². The number of hydrogen-bond acceptors (Lipinski definition) is 2. The van der Waals surface area contributed by atoms with Crippen LogP contribution in [0, 0.1) is 6.92 Å². The van der Waals surface area contributed by atoms with Gasteiger partial charge in [-0.05, 0) is 62.4 Å². The summed E-state index contributed by atoms with van der Waals surface area (Å²) < 4.78 is 0. The van der Waals surface area contributed by atoms with Crippen LogP contribution in [0.3, 0.4) is 0 Å². The first kappa shape index (κ1) is 15.8. The third kappa shape index (κ3) is 3.55. The van der Waals surface area contributed by atoms with E-state index in [1.54, 1.807) is 0 Å². The Labute approximate surface area is 129 Å². The van der Waals surface area contributed by atoms with Crippen molar-refractivity contribution in [2.45, 2.75) is 53.4 Å². The van der Waals surface area contributed by atoms with Crippen LogP contribution in [0.5, 0.6) is 0 Å². The van der Waals surface area contributed by atoms with Crippen molar-refractivity contribution in [2.75, 3.05) is 18.0 Å². The molecule has 0 bridgehead atoms. The summed E-state index contributed by atoms with van der Waals surface area (Å²) in [7, 11) is 0. The molecule has 0 amide bonds. The number of piperidine rings is 1. The largest absolute Gasteiger partial charge is 0.372 e. The fourth-order valence-electron chi connectivity index (χ4n) is 3.07. The Morgan fingerprint density at radius 2 is 1.76 bits per heavy atom. The van der Waals surface area contributed by atoms with E-state index >= 15 is 0 Å². The lowest BCUT2D eigenvalue weighted by atomic mass is 10.0. The van der Waals surface area contributed by atoms with Crippen LogP contribution < -0.4 is 4.90 Å². The Balaban J connectivity index is 0.000000774. The van der Waals surface area contributed by atoms with Gasteiger partial charge < -0.3 is 4.90 Å². The van der Waals surface area contributed by atoms with Gasteiger partial charge in [-0.2, -0.15) is 0 Å². The Kier molecular flexibility index (Phi) is 5.60. The van der Waals surface area contributed by atoms with Crippen molar-refractivity contribution in [3.8, 4) is 0 Å². The minimum Gasteiger partial charge on any atom is -0.372 e. The van der Waals surface area contributed by atoms with Gasteiger partial charge in [0.2, 0.25) is 0 Å². The maximum Gasteiger partial charge on any atom is 0.0709 e. The van der Waals surface area contributed by atoms with Crippen molar-refractivity contribution in [3.63, 3.8) is 0 Å². The first-order chi connectivity index (χ1) is 10.3. The molecule has 114 valence electrons. The van der Waals surface area contributed by atoms with Crippen LogP contribution in [0.2, 0.25) is 0 Å². The molecular formula is C19H28N2. The summed E-state index contributed by atoms with van der Waals surface area (Å²) in [6.45, 7) is 10.7. The number of aromatic nitrogens is 1. The molecule has 21 heavy (non-hydrogen) atoms. The molecule has 1 fully saturated rings. The Hall–Kier alpha value is -1.57. The summed E-state index contributed by atoms with van der Waals surface area (Å²) in [4.78, 5) is 7.17. The smallest absolute Gasteiger partial charge is 0.0709 e. The van der Waals surface area contributed by atoms with Crippen molar-refractivity contribution < 1.29 is 0 Å². The summed E-state index contributed by atoms with van der Waals surface area (Å²) >= 11 is 0. The number of anilines is 1. The topological polar surface area (TPSA) is 16.1 Å². The van der Waals surface area contributed by atoms with Crippen molar-refractivity contribution in [1.82, 2.24) is 4.98 Å². The highest BCUT2D eigenvalue weighted by Gasteiger charge is 2.12. The quantitative estimate of drug-likeness (QED) is 0.760. The molecule has 0 radical (unpaired) electrons. The number of benzene rings is 1. The summed E-state index contributed by atoms with van der Waals surface area (Å²) in [5, 5.41) is 1.33. The van der Waals surface area contributed by atoms with E-state index in [0.717, 1.165) is 17.6 Å². The Morgan fingerprint density at radius 1 is 1.05 bits per heavy atom. The molecule has 0 N–H and O–H groups in total. The maximum atomic E-state index is 4.65. The van der Waals surface area contributed by atoms with Crippen molar-refractivity contribution in [3.05, 3.63) is 35.5 Å². The molecule has 0 aliphatic carbocycles. The molecule has 2 heterocycles. The SMILES string of the molecule is CC.CCc1cc(C)nc2ccc(N3CCCCC3)cc12. The zero-order valence-electron chi connectivity index (χ0n) is 13.9. The number of hydrogen-bond donors (Lipinski definition) is 0. The van der Waals surface area contributed by atoms with Gasteiger partial charge >= 0.3 is 0 Å². The van der Waals surface area contributed by atoms with Gasteiger partial charge in [0, 0.05) is 29.9 Å². The zero-order valence-corrected chi connectivity index (χ0v) is 13.9. The number of rotatable bonds is 2. The van der Waals surface area contributed by atoms with E-state index in [-0.39, 0.29) is 0 Å². The van der Waals surface area contributed by atoms with Gasteiger partial charge in [-0.3, -0.25) is 4.98 Å². The highest BCUT2D eigenvalue weighted by Crippen LogP contribution is 2.26. The first-order valence-electron chi connectivity index (χ1n) is 8.43. The van der Waals surface area contributed by atoms with Gasteiger partial charge in [0.1, 0.15) is 0 Å². The van der Waals surface area contributed by atoms with Crippen LogP contribution in [-0.4, -0.2) is 18.1 Å². The molecule has 1 saturated heterocycles. The standard InChI is InChI=1S/C17H22N2.C2H6/c1-3-14-11-13(2)18-17-8-7-15(12-16(14)17)19-9-5-4-6-10-19;1-2/h7-8,11-12H,3-6,9-10H2,1-2H3;1-2H3. The molecule has 0 unspecified atom stereocenters. The van der Waals surface area contributed by atoms with E-state index in [9.17, 15) is 0 Å². The fraction of sp³-hybridized carbons (Fsp3) is 0.526. The molecule has 3 rings (SSSR count). The molecule has 1 aromatic carbocycles. The number of aryl methyl sites for hydroxylation is 2. The number of pyridine rings is 1. The maximum absolute atomic E-state index is 4.65. The van der Waals surface area contributed by atoms with Crippen LogP contribution in [0.1, 0.15) is 51.3 Å². The predicted molar refractivity (Wildman–Crippen MR) is 93.3 cm³/mol. The summed E-state index contributed by atoms with van der Waals surface area (Å²) in [6, 6.07) is 8.99. The van der Waals surface area contributed by atoms with Crippen LogP contribution in [-0.2, 0) is 6.42 Å². The second-order valence-corrected chi connectivity index (χ2v) is 5.53. The van der Waals surface area contributed by atoms with E-state index in [0.29, 0.717) is 0 Å². The number of fused-ring (bicyclic) bond motifs is 1. The third-order valence-electron chi connectivity index (χ3n) is 4.11. The average Bonchev–Trinajstić information content (AvgIpc) is 2.56. The molecule has 0 saturated carbocycles. The fourth-order valence-corrected chi connectivity index (χ4v) is 3.07. The predicted octanol–water partition coefficient (Wildman–Crippen LogP) is 5.12. The van der Waals surface area contributed by atoms with E-state index in [4.69, 9.17) is 0 Å². The zero-order chi connectivity index (χ0) is 15.2. The van der Waals surface area contributed by atoms with Crippen LogP contribution >= 0.6 is 0 Å². The number of nitrogens with zero attached hydrogens (tertiary/aromatic N) is 2. The average molecular weight is 284 g/mol. The van der Waals surface area contributed by atoms with Crippen LogP contribution in [0.15, 0.2) is 24.3 Å². The summed E-state index contributed by atoms with van der Waals surface area (Å²) in [5.41, 5.74) is 5.04. The highest BCUT2D eigenvalue weighted by molar-refractivity contribution is 5.86. The molecule has 1 aliphatic heterocycles. The minimum atomic E-state index is 1.07. The molecule has 2 aromatic rings. The third-order valence-corrected chi connectivity index (χ3v) is 4.11. The minimum absolute atomic E-state index is 1.07. The van der Waals surface area contributed by atoms with Gasteiger partial charge in [0.25, 0.3) is 0 Å². The summed E-state index contributed by atoms with van der Waals surface area (Å²) in [6.07, 6.45) is 5.10. The highest BCUT2D eigenvalue weighted by atomic mass is 15.1. The van der Waals surface area contributed by atoms with Gasteiger partial charge in [0.15, 0.2) is 0 Å². The van der Waals surface area contributed by atoms with E-state index in [1.807, 2.05) is 13.8 Å². The van der Waals surface area contributed by atoms with Gasteiger partial charge in [0.05, 0.1) is 5.52 Å². The van der Waals surface area contributed by atoms with Crippen LogP contribution in [0.4, 0.5) is 5.69 Å². The lowest BCUT2D eigenvalue weighted by Gasteiger charge is -2.29. The van der Waals surface area contributed by atoms with E-state index in [1.165, 1.54) is 49.0 Å². The lowest BCUT2D eigenvalue weighted by Crippen LogP contribution is -2.29. The van der Waals surface area contributed by atoms with E-state index < -0.39 is 0 Å². The van der Waals surface area contributed by atoms with Crippen molar-refractivity contribution in [2.24, 2.45) is 0 Å². The van der Waals surface area contributed by atoms with Crippen LogP contribution in [0.25, 0.3) is 10.9 Å². The van der Waals surface area contributed by atoms with Crippen molar-refractivity contribution in [1.29, 1.82) is 0 Å². The molecule has 0 atom stereocenters.